The summed E-state index contributed by atoms with van der Waals surface area (Å²) in [6.07, 6.45) is 7.08. The number of nitriles is 1. The van der Waals surface area contributed by atoms with Crippen LogP contribution in [0.25, 0.3) is 0 Å². The van der Waals surface area contributed by atoms with Crippen molar-refractivity contribution in [1.29, 1.82) is 5.26 Å². The van der Waals surface area contributed by atoms with Crippen LogP contribution in [-0.4, -0.2) is 6.04 Å². The van der Waals surface area contributed by atoms with Crippen molar-refractivity contribution in [3.63, 3.8) is 0 Å². The molecule has 0 saturated heterocycles. The maximum absolute atomic E-state index is 8.38. The van der Waals surface area contributed by atoms with Gasteiger partial charge in [0.25, 0.3) is 0 Å². The second kappa shape index (κ2) is 3.46. The van der Waals surface area contributed by atoms with Crippen LogP contribution in [0.2, 0.25) is 0 Å². The fourth-order valence-electron chi connectivity index (χ4n) is 1.48. The van der Waals surface area contributed by atoms with Crippen LogP contribution in [0.3, 0.4) is 0 Å². The van der Waals surface area contributed by atoms with Gasteiger partial charge in [-0.3, -0.25) is 0 Å². The molecule has 0 spiro atoms. The summed E-state index contributed by atoms with van der Waals surface area (Å²) in [4.78, 5) is 0. The molecule has 0 aliphatic heterocycles. The topological polar surface area (TPSA) is 35.8 Å². The highest BCUT2D eigenvalue weighted by molar-refractivity contribution is 4.85. The van der Waals surface area contributed by atoms with Gasteiger partial charge in [-0.1, -0.05) is 13.3 Å². The maximum Gasteiger partial charge on any atom is 0.176 e. The Morgan fingerprint density at radius 1 is 1.70 bits per heavy atom. The first-order chi connectivity index (χ1) is 4.88. The molecule has 2 heteroatoms. The Morgan fingerprint density at radius 2 is 2.40 bits per heavy atom. The first-order valence-corrected chi connectivity index (χ1v) is 4.03. The maximum atomic E-state index is 8.38. The van der Waals surface area contributed by atoms with Crippen LogP contribution >= 0.6 is 0 Å². The summed E-state index contributed by atoms with van der Waals surface area (Å²) >= 11 is 0. The molecule has 0 amide bonds. The van der Waals surface area contributed by atoms with Crippen molar-refractivity contribution in [2.45, 2.75) is 38.6 Å². The lowest BCUT2D eigenvalue weighted by molar-refractivity contribution is 0.239. The van der Waals surface area contributed by atoms with Gasteiger partial charge < -0.3 is 5.32 Å². The quantitative estimate of drug-likeness (QED) is 0.475. The Bertz CT molecular complexity index is 133. The zero-order valence-electron chi connectivity index (χ0n) is 6.43. The normalized spacial score (nSPS) is 20.8. The average Bonchev–Trinajstić information content (AvgIpc) is 1.83. The SMILES string of the molecule is CCC(NC#N)C1CCC1. The molecular weight excluding hydrogens is 124 g/mol. The van der Waals surface area contributed by atoms with E-state index in [-0.39, 0.29) is 0 Å². The van der Waals surface area contributed by atoms with Crippen LogP contribution in [0.15, 0.2) is 0 Å². The molecule has 1 saturated carbocycles. The van der Waals surface area contributed by atoms with Crippen molar-refractivity contribution in [2.24, 2.45) is 5.92 Å². The Kier molecular flexibility index (Phi) is 2.56. The number of nitrogens with zero attached hydrogens (tertiary/aromatic N) is 1. The van der Waals surface area contributed by atoms with Gasteiger partial charge in [0.15, 0.2) is 6.19 Å². The van der Waals surface area contributed by atoms with Gasteiger partial charge in [-0.05, 0) is 25.2 Å². The third-order valence-electron chi connectivity index (χ3n) is 2.41. The Balaban J connectivity index is 2.26. The van der Waals surface area contributed by atoms with Gasteiger partial charge in [-0.2, -0.15) is 5.26 Å². The number of hydrogen-bond donors (Lipinski definition) is 1. The van der Waals surface area contributed by atoms with Crippen LogP contribution in [0, 0.1) is 17.4 Å². The smallest absolute Gasteiger partial charge is 0.176 e. The van der Waals surface area contributed by atoms with E-state index in [0.29, 0.717) is 6.04 Å². The summed E-state index contributed by atoms with van der Waals surface area (Å²) in [5.74, 6) is 0.782. The molecular formula is C8H14N2. The molecule has 0 radical (unpaired) electrons. The highest BCUT2D eigenvalue weighted by Crippen LogP contribution is 2.30. The fraction of sp³-hybridized carbons (Fsp3) is 0.875. The molecule has 0 aromatic rings. The summed E-state index contributed by atoms with van der Waals surface area (Å²) in [7, 11) is 0. The van der Waals surface area contributed by atoms with Gasteiger partial charge in [0.2, 0.25) is 0 Å². The van der Waals surface area contributed by atoms with Crippen LogP contribution in [0.5, 0.6) is 0 Å². The van der Waals surface area contributed by atoms with E-state index in [4.69, 9.17) is 5.26 Å². The lowest BCUT2D eigenvalue weighted by Gasteiger charge is -2.32. The first-order valence-electron chi connectivity index (χ1n) is 4.03. The van der Waals surface area contributed by atoms with E-state index in [1.807, 2.05) is 6.19 Å². The molecule has 2 nitrogen and oxygen atoms in total. The second-order valence-corrected chi connectivity index (χ2v) is 2.96. The molecule has 1 atom stereocenters. The zero-order valence-corrected chi connectivity index (χ0v) is 6.43. The van der Waals surface area contributed by atoms with E-state index in [1.54, 1.807) is 0 Å². The average molecular weight is 138 g/mol. The van der Waals surface area contributed by atoms with Gasteiger partial charge in [0.05, 0.1) is 0 Å². The molecule has 1 aliphatic carbocycles. The van der Waals surface area contributed by atoms with E-state index in [9.17, 15) is 0 Å². The van der Waals surface area contributed by atoms with Crippen molar-refractivity contribution in [3.8, 4) is 6.19 Å². The molecule has 1 unspecified atom stereocenters. The fourth-order valence-corrected chi connectivity index (χ4v) is 1.48. The number of hydrogen-bond acceptors (Lipinski definition) is 2. The molecule has 1 aliphatic rings. The lowest BCUT2D eigenvalue weighted by atomic mass is 9.79. The molecule has 0 aromatic carbocycles. The minimum atomic E-state index is 0.457. The van der Waals surface area contributed by atoms with E-state index in [1.165, 1.54) is 19.3 Å². The van der Waals surface area contributed by atoms with Gasteiger partial charge in [0.1, 0.15) is 0 Å². The summed E-state index contributed by atoms with van der Waals surface area (Å²) in [6.45, 7) is 2.13. The zero-order chi connectivity index (χ0) is 7.40. The summed E-state index contributed by atoms with van der Waals surface area (Å²) < 4.78 is 0. The standard InChI is InChI=1S/C8H14N2/c1-2-8(10-6-9)7-4-3-5-7/h7-8,10H,2-5H2,1H3. The van der Waals surface area contributed by atoms with Crippen LogP contribution in [-0.2, 0) is 0 Å². The summed E-state index contributed by atoms with van der Waals surface area (Å²) in [5.41, 5.74) is 0. The summed E-state index contributed by atoms with van der Waals surface area (Å²) in [6, 6.07) is 0.457. The molecule has 0 heterocycles. The van der Waals surface area contributed by atoms with E-state index >= 15 is 0 Å². The Hall–Kier alpha value is -0.710. The van der Waals surface area contributed by atoms with Gasteiger partial charge >= 0.3 is 0 Å². The molecule has 1 N–H and O–H groups in total. The van der Waals surface area contributed by atoms with Crippen LogP contribution in [0.4, 0.5) is 0 Å². The third kappa shape index (κ3) is 1.41. The summed E-state index contributed by atoms with van der Waals surface area (Å²) in [5, 5.41) is 11.2. The highest BCUT2D eigenvalue weighted by atomic mass is 14.9. The van der Waals surface area contributed by atoms with Crippen molar-refractivity contribution < 1.29 is 0 Å². The van der Waals surface area contributed by atoms with Gasteiger partial charge in [0, 0.05) is 6.04 Å². The molecule has 0 bridgehead atoms. The predicted octanol–water partition coefficient (Wildman–Crippen LogP) is 1.64. The van der Waals surface area contributed by atoms with E-state index in [2.05, 4.69) is 12.2 Å². The van der Waals surface area contributed by atoms with Crippen molar-refractivity contribution in [2.75, 3.05) is 0 Å². The van der Waals surface area contributed by atoms with Crippen molar-refractivity contribution in [1.82, 2.24) is 5.32 Å². The lowest BCUT2D eigenvalue weighted by Crippen LogP contribution is -2.36. The van der Waals surface area contributed by atoms with Crippen LogP contribution in [0.1, 0.15) is 32.6 Å². The monoisotopic (exact) mass is 138 g/mol. The Morgan fingerprint density at radius 3 is 2.70 bits per heavy atom. The van der Waals surface area contributed by atoms with Crippen LogP contribution < -0.4 is 5.32 Å². The van der Waals surface area contributed by atoms with Crippen molar-refractivity contribution in [3.05, 3.63) is 0 Å². The minimum absolute atomic E-state index is 0.457. The minimum Gasteiger partial charge on any atom is -0.321 e. The second-order valence-electron chi connectivity index (χ2n) is 2.96. The molecule has 10 heavy (non-hydrogen) atoms. The molecule has 1 fully saturated rings. The highest BCUT2D eigenvalue weighted by Gasteiger charge is 2.25. The molecule has 0 aromatic heterocycles. The third-order valence-corrected chi connectivity index (χ3v) is 2.41. The molecule has 1 rings (SSSR count). The first kappa shape index (κ1) is 7.40. The predicted molar refractivity (Wildman–Crippen MR) is 40.2 cm³/mol. The number of nitrogens with one attached hydrogen (secondary N) is 1. The molecule has 56 valence electrons. The Labute approximate surface area is 62.2 Å². The van der Waals surface area contributed by atoms with E-state index in [0.717, 1.165) is 12.3 Å². The van der Waals surface area contributed by atoms with Gasteiger partial charge in [-0.15, -0.1) is 0 Å². The number of rotatable bonds is 3. The van der Waals surface area contributed by atoms with Crippen molar-refractivity contribution >= 4 is 0 Å². The van der Waals surface area contributed by atoms with E-state index < -0.39 is 0 Å². The van der Waals surface area contributed by atoms with Gasteiger partial charge in [-0.25, -0.2) is 0 Å². The largest absolute Gasteiger partial charge is 0.321 e.